The molecule has 0 bridgehead atoms. The molecule has 0 saturated heterocycles. The standard InChI is InChI=1S/C9H17N/c1-4-6-7-8-9(3)10-5-2/h9-10H,5,7-8H2,1-3H3. The lowest BCUT2D eigenvalue weighted by Gasteiger charge is -2.08. The fourth-order valence-electron chi connectivity index (χ4n) is 0.864. The lowest BCUT2D eigenvalue weighted by molar-refractivity contribution is 0.538. The molecule has 1 nitrogen and oxygen atoms in total. The van der Waals surface area contributed by atoms with Gasteiger partial charge in [-0.15, -0.1) is 11.8 Å². The summed E-state index contributed by atoms with van der Waals surface area (Å²) in [4.78, 5) is 0. The largest absolute Gasteiger partial charge is 0.314 e. The van der Waals surface area contributed by atoms with E-state index in [2.05, 4.69) is 31.0 Å². The summed E-state index contributed by atoms with van der Waals surface area (Å²) in [7, 11) is 0. The first kappa shape index (κ1) is 9.52. The molecule has 0 aliphatic rings. The maximum Gasteiger partial charge on any atom is 0.0103 e. The van der Waals surface area contributed by atoms with Crippen LogP contribution in [0.5, 0.6) is 0 Å². The van der Waals surface area contributed by atoms with Gasteiger partial charge in [0.05, 0.1) is 0 Å². The molecular weight excluding hydrogens is 122 g/mol. The molecule has 0 aromatic rings. The molecule has 0 amide bonds. The molecule has 0 radical (unpaired) electrons. The van der Waals surface area contributed by atoms with E-state index in [-0.39, 0.29) is 0 Å². The van der Waals surface area contributed by atoms with Crippen molar-refractivity contribution in [3.8, 4) is 11.8 Å². The second-order valence-corrected chi connectivity index (χ2v) is 2.42. The molecule has 0 rings (SSSR count). The van der Waals surface area contributed by atoms with Crippen molar-refractivity contribution < 1.29 is 0 Å². The molecule has 0 saturated carbocycles. The molecule has 0 aromatic carbocycles. The molecule has 0 aliphatic carbocycles. The highest BCUT2D eigenvalue weighted by Gasteiger charge is 1.95. The van der Waals surface area contributed by atoms with Gasteiger partial charge in [-0.2, -0.15) is 0 Å². The Kier molecular flexibility index (Phi) is 6.32. The molecule has 0 aliphatic heterocycles. The van der Waals surface area contributed by atoms with Crippen molar-refractivity contribution >= 4 is 0 Å². The summed E-state index contributed by atoms with van der Waals surface area (Å²) in [6.07, 6.45) is 2.18. The Morgan fingerprint density at radius 3 is 2.70 bits per heavy atom. The first-order valence-electron chi connectivity index (χ1n) is 3.94. The van der Waals surface area contributed by atoms with Crippen molar-refractivity contribution in [1.29, 1.82) is 0 Å². The van der Waals surface area contributed by atoms with Crippen molar-refractivity contribution in [1.82, 2.24) is 5.32 Å². The Hall–Kier alpha value is -0.480. The lowest BCUT2D eigenvalue weighted by Crippen LogP contribution is -2.24. The van der Waals surface area contributed by atoms with Crippen LogP contribution in [0.25, 0.3) is 0 Å². The highest BCUT2D eigenvalue weighted by molar-refractivity contribution is 4.95. The minimum atomic E-state index is 0.617. The maximum atomic E-state index is 3.34. The molecule has 0 fully saturated rings. The van der Waals surface area contributed by atoms with Crippen LogP contribution in [0.1, 0.15) is 33.6 Å². The summed E-state index contributed by atoms with van der Waals surface area (Å²) in [5.41, 5.74) is 0. The summed E-state index contributed by atoms with van der Waals surface area (Å²) in [5.74, 6) is 5.93. The normalized spacial score (nSPS) is 11.9. The molecule has 1 atom stereocenters. The first-order valence-corrected chi connectivity index (χ1v) is 3.94. The van der Waals surface area contributed by atoms with E-state index < -0.39 is 0 Å². The second-order valence-electron chi connectivity index (χ2n) is 2.42. The van der Waals surface area contributed by atoms with Crippen molar-refractivity contribution in [2.75, 3.05) is 6.54 Å². The molecule has 0 spiro atoms. The monoisotopic (exact) mass is 139 g/mol. The van der Waals surface area contributed by atoms with Crippen LogP contribution in [0.2, 0.25) is 0 Å². The van der Waals surface area contributed by atoms with E-state index in [1.807, 2.05) is 6.92 Å². The third-order valence-corrected chi connectivity index (χ3v) is 1.43. The Morgan fingerprint density at radius 1 is 1.50 bits per heavy atom. The Balaban J connectivity index is 3.18. The van der Waals surface area contributed by atoms with Crippen molar-refractivity contribution in [2.24, 2.45) is 0 Å². The van der Waals surface area contributed by atoms with Gasteiger partial charge < -0.3 is 5.32 Å². The average molecular weight is 139 g/mol. The van der Waals surface area contributed by atoms with Gasteiger partial charge in [0.1, 0.15) is 0 Å². The van der Waals surface area contributed by atoms with Crippen LogP contribution in [-0.2, 0) is 0 Å². The van der Waals surface area contributed by atoms with E-state index in [1.54, 1.807) is 0 Å². The van der Waals surface area contributed by atoms with Gasteiger partial charge in [0, 0.05) is 12.5 Å². The molecule has 1 heteroatoms. The topological polar surface area (TPSA) is 12.0 Å². The van der Waals surface area contributed by atoms with Crippen LogP contribution in [0.4, 0.5) is 0 Å². The van der Waals surface area contributed by atoms with Crippen LogP contribution in [-0.4, -0.2) is 12.6 Å². The van der Waals surface area contributed by atoms with E-state index in [0.29, 0.717) is 6.04 Å². The summed E-state index contributed by atoms with van der Waals surface area (Å²) in [6, 6.07) is 0.617. The summed E-state index contributed by atoms with van der Waals surface area (Å²) in [6.45, 7) is 7.27. The minimum absolute atomic E-state index is 0.617. The third-order valence-electron chi connectivity index (χ3n) is 1.43. The number of nitrogens with one attached hydrogen (secondary N) is 1. The summed E-state index contributed by atoms with van der Waals surface area (Å²) >= 11 is 0. The molecule has 10 heavy (non-hydrogen) atoms. The lowest BCUT2D eigenvalue weighted by atomic mass is 10.2. The zero-order chi connectivity index (χ0) is 7.82. The predicted octanol–water partition coefficient (Wildman–Crippen LogP) is 1.79. The number of hydrogen-bond acceptors (Lipinski definition) is 1. The minimum Gasteiger partial charge on any atom is -0.314 e. The molecule has 1 unspecified atom stereocenters. The zero-order valence-corrected chi connectivity index (χ0v) is 7.20. The van der Waals surface area contributed by atoms with E-state index >= 15 is 0 Å². The third kappa shape index (κ3) is 5.65. The molecule has 0 aromatic heterocycles. The maximum absolute atomic E-state index is 3.34. The van der Waals surface area contributed by atoms with E-state index in [4.69, 9.17) is 0 Å². The van der Waals surface area contributed by atoms with Gasteiger partial charge in [0.25, 0.3) is 0 Å². The molecule has 1 N–H and O–H groups in total. The van der Waals surface area contributed by atoms with E-state index in [9.17, 15) is 0 Å². The number of rotatable bonds is 4. The fourth-order valence-corrected chi connectivity index (χ4v) is 0.864. The molecule has 0 heterocycles. The summed E-state index contributed by atoms with van der Waals surface area (Å²) in [5, 5.41) is 3.34. The van der Waals surface area contributed by atoms with Crippen LogP contribution < -0.4 is 5.32 Å². The van der Waals surface area contributed by atoms with Crippen LogP contribution >= 0.6 is 0 Å². The Morgan fingerprint density at radius 2 is 2.20 bits per heavy atom. The van der Waals surface area contributed by atoms with Crippen molar-refractivity contribution in [3.05, 3.63) is 0 Å². The van der Waals surface area contributed by atoms with Crippen molar-refractivity contribution in [3.63, 3.8) is 0 Å². The van der Waals surface area contributed by atoms with Crippen LogP contribution in [0, 0.1) is 11.8 Å². The zero-order valence-electron chi connectivity index (χ0n) is 7.20. The van der Waals surface area contributed by atoms with E-state index in [0.717, 1.165) is 19.4 Å². The van der Waals surface area contributed by atoms with Crippen LogP contribution in [0.15, 0.2) is 0 Å². The molecular formula is C9H17N. The predicted molar refractivity (Wildman–Crippen MR) is 45.8 cm³/mol. The van der Waals surface area contributed by atoms with Gasteiger partial charge in [-0.1, -0.05) is 6.92 Å². The SMILES string of the molecule is CC#CCCC(C)NCC. The second kappa shape index (κ2) is 6.64. The smallest absolute Gasteiger partial charge is 0.0103 e. The average Bonchev–Trinajstić information content (AvgIpc) is 1.89. The van der Waals surface area contributed by atoms with Gasteiger partial charge in [0.2, 0.25) is 0 Å². The van der Waals surface area contributed by atoms with Gasteiger partial charge in [-0.3, -0.25) is 0 Å². The fraction of sp³-hybridized carbons (Fsp3) is 0.778. The van der Waals surface area contributed by atoms with Gasteiger partial charge in [0.15, 0.2) is 0 Å². The van der Waals surface area contributed by atoms with E-state index in [1.165, 1.54) is 0 Å². The summed E-state index contributed by atoms with van der Waals surface area (Å²) < 4.78 is 0. The first-order chi connectivity index (χ1) is 4.81. The van der Waals surface area contributed by atoms with Gasteiger partial charge >= 0.3 is 0 Å². The highest BCUT2D eigenvalue weighted by atomic mass is 14.9. The van der Waals surface area contributed by atoms with Crippen LogP contribution in [0.3, 0.4) is 0 Å². The Bertz CT molecular complexity index is 118. The molecule has 58 valence electrons. The Labute approximate surface area is 64.2 Å². The van der Waals surface area contributed by atoms with Crippen molar-refractivity contribution in [2.45, 2.75) is 39.7 Å². The number of hydrogen-bond donors (Lipinski definition) is 1. The highest BCUT2D eigenvalue weighted by Crippen LogP contribution is 1.93. The van der Waals surface area contributed by atoms with Gasteiger partial charge in [-0.25, -0.2) is 0 Å². The quantitative estimate of drug-likeness (QED) is 0.585. The van der Waals surface area contributed by atoms with Gasteiger partial charge in [-0.05, 0) is 26.8 Å².